The summed E-state index contributed by atoms with van der Waals surface area (Å²) in [6.45, 7) is 1.11. The Labute approximate surface area is 164 Å². The number of rotatable bonds is 6. The number of hydrogen-bond acceptors (Lipinski definition) is 4. The van der Waals surface area contributed by atoms with Gasteiger partial charge >= 0.3 is 5.97 Å². The van der Waals surface area contributed by atoms with Gasteiger partial charge in [-0.25, -0.2) is 0 Å². The van der Waals surface area contributed by atoms with E-state index in [0.717, 1.165) is 21.1 Å². The minimum Gasteiger partial charge on any atom is -0.456 e. The van der Waals surface area contributed by atoms with Gasteiger partial charge in [-0.1, -0.05) is 34.1 Å². The molecule has 1 aromatic heterocycles. The molecule has 0 saturated carbocycles. The summed E-state index contributed by atoms with van der Waals surface area (Å²) in [6, 6.07) is 14.2. The van der Waals surface area contributed by atoms with E-state index in [4.69, 9.17) is 4.74 Å². The largest absolute Gasteiger partial charge is 0.456 e. The van der Waals surface area contributed by atoms with Crippen molar-refractivity contribution in [1.29, 1.82) is 0 Å². The van der Waals surface area contributed by atoms with E-state index in [0.29, 0.717) is 11.1 Å². The van der Waals surface area contributed by atoms with Gasteiger partial charge in [-0.05, 0) is 37.3 Å². The maximum absolute atomic E-state index is 12.4. The number of H-pyrrole nitrogens is 1. The van der Waals surface area contributed by atoms with Gasteiger partial charge in [0, 0.05) is 32.2 Å². The molecule has 0 saturated heterocycles. The molecule has 138 valence electrons. The SMILES string of the molecule is Cc1[nH]c2ccccc2c1C(=O)COC(=O)CNC(=O)c1ccc(Br)cc1. The lowest BCUT2D eigenvalue weighted by Crippen LogP contribution is -2.31. The number of fused-ring (bicyclic) bond motifs is 1. The van der Waals surface area contributed by atoms with Gasteiger partial charge in [0.2, 0.25) is 5.78 Å². The van der Waals surface area contributed by atoms with Crippen LogP contribution >= 0.6 is 15.9 Å². The van der Waals surface area contributed by atoms with E-state index in [9.17, 15) is 14.4 Å². The van der Waals surface area contributed by atoms with Crippen molar-refractivity contribution in [3.05, 3.63) is 69.8 Å². The Bertz CT molecular complexity index is 1010. The number of hydrogen-bond donors (Lipinski definition) is 2. The smallest absolute Gasteiger partial charge is 0.325 e. The molecule has 2 N–H and O–H groups in total. The number of aromatic nitrogens is 1. The molecule has 0 aliphatic heterocycles. The number of nitrogens with one attached hydrogen (secondary N) is 2. The molecule has 0 aliphatic rings. The molecular weight excluding hydrogens is 412 g/mol. The van der Waals surface area contributed by atoms with Crippen LogP contribution in [0, 0.1) is 6.92 Å². The summed E-state index contributed by atoms with van der Waals surface area (Å²) in [6.07, 6.45) is 0. The maximum Gasteiger partial charge on any atom is 0.325 e. The number of amides is 1. The zero-order valence-electron chi connectivity index (χ0n) is 14.5. The molecular formula is C20H17BrN2O4. The standard InChI is InChI=1S/C20H17BrN2O4/c1-12-19(15-4-2-3-5-16(15)23-12)17(24)11-27-18(25)10-22-20(26)13-6-8-14(21)9-7-13/h2-9,23H,10-11H2,1H3,(H,22,26). The number of carbonyl (C=O) groups is 3. The van der Waals surface area contributed by atoms with Gasteiger partial charge in [0.05, 0.1) is 0 Å². The second-order valence-electron chi connectivity index (χ2n) is 5.94. The number of ketones is 1. The van der Waals surface area contributed by atoms with Gasteiger partial charge in [-0.2, -0.15) is 0 Å². The van der Waals surface area contributed by atoms with Crippen molar-refractivity contribution in [1.82, 2.24) is 10.3 Å². The Hall–Kier alpha value is -2.93. The third kappa shape index (κ3) is 4.43. The maximum atomic E-state index is 12.4. The number of ether oxygens (including phenoxy) is 1. The van der Waals surface area contributed by atoms with Crippen LogP contribution in [0.1, 0.15) is 26.4 Å². The number of Topliss-reactive ketones (excluding diaryl/α,β-unsaturated/α-hetero) is 1. The van der Waals surface area contributed by atoms with Crippen molar-refractivity contribution in [2.75, 3.05) is 13.2 Å². The molecule has 3 aromatic rings. The van der Waals surface area contributed by atoms with Crippen LogP contribution in [0.15, 0.2) is 53.0 Å². The number of para-hydroxylation sites is 1. The van der Waals surface area contributed by atoms with Gasteiger partial charge in [0.15, 0.2) is 6.61 Å². The van der Waals surface area contributed by atoms with Crippen LogP contribution in [-0.2, 0) is 9.53 Å². The van der Waals surface area contributed by atoms with E-state index in [-0.39, 0.29) is 18.9 Å². The van der Waals surface area contributed by atoms with E-state index < -0.39 is 11.9 Å². The summed E-state index contributed by atoms with van der Waals surface area (Å²) in [5.41, 5.74) is 2.51. The Morgan fingerprint density at radius 1 is 1.07 bits per heavy atom. The van der Waals surface area contributed by atoms with Crippen LogP contribution in [0.4, 0.5) is 0 Å². The Balaban J connectivity index is 1.54. The quantitative estimate of drug-likeness (QED) is 0.465. The van der Waals surface area contributed by atoms with Crippen molar-refractivity contribution in [2.24, 2.45) is 0 Å². The number of aromatic amines is 1. The molecule has 7 heteroatoms. The molecule has 1 amide bonds. The lowest BCUT2D eigenvalue weighted by molar-refractivity contribution is -0.141. The average molecular weight is 429 g/mol. The van der Waals surface area contributed by atoms with Crippen LogP contribution in [-0.4, -0.2) is 35.8 Å². The number of halogens is 1. The molecule has 0 radical (unpaired) electrons. The molecule has 0 bridgehead atoms. The van der Waals surface area contributed by atoms with Crippen molar-refractivity contribution < 1.29 is 19.1 Å². The highest BCUT2D eigenvalue weighted by Gasteiger charge is 2.17. The fourth-order valence-corrected chi connectivity index (χ4v) is 3.03. The van der Waals surface area contributed by atoms with Crippen LogP contribution in [0.2, 0.25) is 0 Å². The fraction of sp³-hybridized carbons (Fsp3) is 0.150. The highest BCUT2D eigenvalue weighted by atomic mass is 79.9. The Morgan fingerprint density at radius 2 is 1.78 bits per heavy atom. The van der Waals surface area contributed by atoms with Gasteiger partial charge in [0.25, 0.3) is 5.91 Å². The summed E-state index contributed by atoms with van der Waals surface area (Å²) < 4.78 is 5.86. The summed E-state index contributed by atoms with van der Waals surface area (Å²) in [5.74, 6) is -1.36. The van der Waals surface area contributed by atoms with Crippen molar-refractivity contribution in [3.8, 4) is 0 Å². The predicted octanol–water partition coefficient (Wildman–Crippen LogP) is 3.39. The van der Waals surface area contributed by atoms with Crippen molar-refractivity contribution in [3.63, 3.8) is 0 Å². The first-order chi connectivity index (χ1) is 13.0. The van der Waals surface area contributed by atoms with Crippen LogP contribution in [0.25, 0.3) is 10.9 Å². The van der Waals surface area contributed by atoms with Crippen LogP contribution < -0.4 is 5.32 Å². The third-order valence-corrected chi connectivity index (χ3v) is 4.57. The van der Waals surface area contributed by atoms with Crippen molar-refractivity contribution in [2.45, 2.75) is 6.92 Å². The summed E-state index contributed by atoms with van der Waals surface area (Å²) >= 11 is 3.29. The number of benzene rings is 2. The monoisotopic (exact) mass is 428 g/mol. The molecule has 0 unspecified atom stereocenters. The second kappa shape index (κ2) is 8.18. The summed E-state index contributed by atoms with van der Waals surface area (Å²) in [4.78, 5) is 39.4. The fourth-order valence-electron chi connectivity index (χ4n) is 2.76. The molecule has 27 heavy (non-hydrogen) atoms. The third-order valence-electron chi connectivity index (χ3n) is 4.04. The highest BCUT2D eigenvalue weighted by Crippen LogP contribution is 2.22. The van der Waals surface area contributed by atoms with E-state index in [1.807, 2.05) is 24.3 Å². The highest BCUT2D eigenvalue weighted by molar-refractivity contribution is 9.10. The van der Waals surface area contributed by atoms with Crippen LogP contribution in [0.5, 0.6) is 0 Å². The molecule has 0 atom stereocenters. The minimum atomic E-state index is -0.675. The van der Waals surface area contributed by atoms with E-state index >= 15 is 0 Å². The van der Waals surface area contributed by atoms with Gasteiger partial charge in [-0.15, -0.1) is 0 Å². The first-order valence-electron chi connectivity index (χ1n) is 8.25. The average Bonchev–Trinajstić information content (AvgIpc) is 3.00. The van der Waals surface area contributed by atoms with Crippen LogP contribution in [0.3, 0.4) is 0 Å². The predicted molar refractivity (Wildman–Crippen MR) is 105 cm³/mol. The summed E-state index contributed by atoms with van der Waals surface area (Å²) in [5, 5.41) is 3.26. The zero-order valence-corrected chi connectivity index (χ0v) is 16.1. The molecule has 6 nitrogen and oxygen atoms in total. The topological polar surface area (TPSA) is 88.3 Å². The Morgan fingerprint density at radius 3 is 2.52 bits per heavy atom. The Kier molecular flexibility index (Phi) is 5.71. The zero-order chi connectivity index (χ0) is 19.4. The molecule has 1 heterocycles. The molecule has 2 aromatic carbocycles. The van der Waals surface area contributed by atoms with E-state index in [1.165, 1.54) is 0 Å². The lowest BCUT2D eigenvalue weighted by atomic mass is 10.1. The van der Waals surface area contributed by atoms with E-state index in [1.54, 1.807) is 31.2 Å². The van der Waals surface area contributed by atoms with Crippen molar-refractivity contribution >= 4 is 44.5 Å². The normalized spacial score (nSPS) is 10.6. The second-order valence-corrected chi connectivity index (χ2v) is 6.86. The molecule has 3 rings (SSSR count). The van der Waals surface area contributed by atoms with Gasteiger partial charge in [-0.3, -0.25) is 14.4 Å². The first-order valence-corrected chi connectivity index (χ1v) is 9.05. The van der Waals surface area contributed by atoms with Gasteiger partial charge in [0.1, 0.15) is 6.54 Å². The van der Waals surface area contributed by atoms with E-state index in [2.05, 4.69) is 26.2 Å². The number of aryl methyl sites for hydroxylation is 1. The number of carbonyl (C=O) groups excluding carboxylic acids is 3. The molecule has 0 aliphatic carbocycles. The molecule has 0 spiro atoms. The number of esters is 1. The molecule has 0 fully saturated rings. The lowest BCUT2D eigenvalue weighted by Gasteiger charge is -2.07. The summed E-state index contributed by atoms with van der Waals surface area (Å²) in [7, 11) is 0. The van der Waals surface area contributed by atoms with Gasteiger partial charge < -0.3 is 15.0 Å². The first kappa shape index (κ1) is 18.8. The minimum absolute atomic E-state index is 0.294.